The van der Waals surface area contributed by atoms with Gasteiger partial charge in [0.25, 0.3) is 5.91 Å². The summed E-state index contributed by atoms with van der Waals surface area (Å²) in [6.45, 7) is 0. The molecule has 0 saturated heterocycles. The first-order valence-electron chi connectivity index (χ1n) is 5.90. The quantitative estimate of drug-likeness (QED) is 0.405. The Hall–Kier alpha value is -2.02. The second-order valence-corrected chi connectivity index (χ2v) is 5.66. The van der Waals surface area contributed by atoms with Gasteiger partial charge in [-0.15, -0.1) is 0 Å². The molecule has 0 aliphatic carbocycles. The second-order valence-electron chi connectivity index (χ2n) is 4.42. The zero-order chi connectivity index (χ0) is 14.3. The van der Waals surface area contributed by atoms with Crippen molar-refractivity contribution in [3.05, 3.63) is 51.1 Å². The topological polar surface area (TPSA) is 69.6 Å². The predicted octanol–water partition coefficient (Wildman–Crippen LogP) is 3.20. The van der Waals surface area contributed by atoms with Gasteiger partial charge in [0.05, 0.1) is 0 Å². The van der Waals surface area contributed by atoms with E-state index in [-0.39, 0.29) is 17.4 Å². The smallest absolute Gasteiger partial charge is 0.256 e. The number of nitrogens with one attached hydrogen (secondary N) is 1. The van der Waals surface area contributed by atoms with Crippen molar-refractivity contribution in [2.75, 3.05) is 5.32 Å². The number of amides is 1. The summed E-state index contributed by atoms with van der Waals surface area (Å²) in [6.07, 6.45) is 1.58. The van der Waals surface area contributed by atoms with E-state index in [1.54, 1.807) is 18.2 Å². The van der Waals surface area contributed by atoms with Crippen LogP contribution in [0.3, 0.4) is 0 Å². The minimum absolute atomic E-state index is 0.208. The molecule has 20 heavy (non-hydrogen) atoms. The molecule has 0 unspecified atom stereocenters. The first-order valence-corrected chi connectivity index (χ1v) is 6.98. The number of benzene rings is 2. The average molecular weight is 379 g/mol. The SMILES string of the molecule is O=C1Nc2ccc(I)cc2C1=Cc1cccc(O)c1O. The lowest BCUT2D eigenvalue weighted by atomic mass is 10.0. The molecule has 0 fully saturated rings. The fraction of sp³-hybridized carbons (Fsp3) is 0. The lowest BCUT2D eigenvalue weighted by Crippen LogP contribution is -2.03. The van der Waals surface area contributed by atoms with Crippen LogP contribution < -0.4 is 5.32 Å². The molecular weight excluding hydrogens is 369 g/mol. The summed E-state index contributed by atoms with van der Waals surface area (Å²) in [6, 6.07) is 10.3. The number of carbonyl (C=O) groups is 1. The summed E-state index contributed by atoms with van der Waals surface area (Å²) >= 11 is 2.18. The molecular formula is C15H10INO3. The highest BCUT2D eigenvalue weighted by Gasteiger charge is 2.24. The third kappa shape index (κ3) is 2.14. The van der Waals surface area contributed by atoms with Crippen LogP contribution in [0.2, 0.25) is 0 Å². The molecule has 2 aromatic carbocycles. The summed E-state index contributed by atoms with van der Waals surface area (Å²) < 4.78 is 1.02. The Kier molecular flexibility index (Phi) is 3.13. The fourth-order valence-electron chi connectivity index (χ4n) is 2.12. The van der Waals surface area contributed by atoms with Crippen LogP contribution in [0.25, 0.3) is 11.6 Å². The molecule has 0 radical (unpaired) electrons. The second kappa shape index (κ2) is 4.82. The highest BCUT2D eigenvalue weighted by Crippen LogP contribution is 2.37. The molecule has 100 valence electrons. The van der Waals surface area contributed by atoms with E-state index in [2.05, 4.69) is 27.9 Å². The van der Waals surface area contributed by atoms with E-state index in [0.29, 0.717) is 11.1 Å². The summed E-state index contributed by atoms with van der Waals surface area (Å²) in [4.78, 5) is 12.0. The van der Waals surface area contributed by atoms with Crippen molar-refractivity contribution in [1.29, 1.82) is 0 Å². The molecule has 2 aromatic rings. The van der Waals surface area contributed by atoms with Gasteiger partial charge >= 0.3 is 0 Å². The average Bonchev–Trinajstić information content (AvgIpc) is 2.71. The van der Waals surface area contributed by atoms with Gasteiger partial charge in [-0.3, -0.25) is 4.79 Å². The Morgan fingerprint density at radius 3 is 2.75 bits per heavy atom. The van der Waals surface area contributed by atoms with Crippen LogP contribution in [0.1, 0.15) is 11.1 Å². The Morgan fingerprint density at radius 1 is 1.15 bits per heavy atom. The van der Waals surface area contributed by atoms with E-state index in [1.807, 2.05) is 18.2 Å². The molecule has 0 bridgehead atoms. The summed E-state index contributed by atoms with van der Waals surface area (Å²) in [5, 5.41) is 22.1. The number of hydrogen-bond acceptors (Lipinski definition) is 3. The molecule has 4 nitrogen and oxygen atoms in total. The van der Waals surface area contributed by atoms with Gasteiger partial charge in [0, 0.05) is 26.0 Å². The highest BCUT2D eigenvalue weighted by atomic mass is 127. The van der Waals surface area contributed by atoms with Gasteiger partial charge < -0.3 is 15.5 Å². The number of para-hydroxylation sites is 1. The number of halogens is 1. The fourth-order valence-corrected chi connectivity index (χ4v) is 2.62. The minimum atomic E-state index is -0.230. The van der Waals surface area contributed by atoms with Crippen LogP contribution in [-0.4, -0.2) is 16.1 Å². The zero-order valence-corrected chi connectivity index (χ0v) is 12.4. The van der Waals surface area contributed by atoms with E-state index >= 15 is 0 Å². The number of carbonyl (C=O) groups excluding carboxylic acids is 1. The van der Waals surface area contributed by atoms with Gasteiger partial charge in [-0.25, -0.2) is 0 Å². The van der Waals surface area contributed by atoms with Gasteiger partial charge in [0.1, 0.15) is 0 Å². The molecule has 3 N–H and O–H groups in total. The maximum Gasteiger partial charge on any atom is 0.256 e. The minimum Gasteiger partial charge on any atom is -0.504 e. The Bertz CT molecular complexity index is 753. The summed E-state index contributed by atoms with van der Waals surface area (Å²) in [7, 11) is 0. The summed E-state index contributed by atoms with van der Waals surface area (Å²) in [5.41, 5.74) is 2.42. The van der Waals surface area contributed by atoms with Gasteiger partial charge in [-0.05, 0) is 52.9 Å². The van der Waals surface area contributed by atoms with Crippen LogP contribution in [0.15, 0.2) is 36.4 Å². The molecule has 0 aromatic heterocycles. The Balaban J connectivity index is 2.15. The molecule has 5 heteroatoms. The van der Waals surface area contributed by atoms with E-state index in [4.69, 9.17) is 0 Å². The van der Waals surface area contributed by atoms with Gasteiger partial charge in [-0.2, -0.15) is 0 Å². The number of rotatable bonds is 1. The lowest BCUT2D eigenvalue weighted by Gasteiger charge is -2.03. The number of phenolic OH excluding ortho intramolecular Hbond substituents is 2. The molecule has 1 aliphatic heterocycles. The maximum absolute atomic E-state index is 12.0. The monoisotopic (exact) mass is 379 g/mol. The zero-order valence-electron chi connectivity index (χ0n) is 10.2. The molecule has 0 atom stereocenters. The van der Waals surface area contributed by atoms with Crippen molar-refractivity contribution in [2.45, 2.75) is 0 Å². The van der Waals surface area contributed by atoms with Crippen LogP contribution in [-0.2, 0) is 4.79 Å². The number of hydrogen-bond donors (Lipinski definition) is 3. The Morgan fingerprint density at radius 2 is 1.95 bits per heavy atom. The molecule has 0 spiro atoms. The molecule has 3 rings (SSSR count). The number of anilines is 1. The highest BCUT2D eigenvalue weighted by molar-refractivity contribution is 14.1. The largest absolute Gasteiger partial charge is 0.504 e. The van der Waals surface area contributed by atoms with E-state index < -0.39 is 0 Å². The lowest BCUT2D eigenvalue weighted by molar-refractivity contribution is -0.110. The first kappa shape index (κ1) is 13.0. The maximum atomic E-state index is 12.0. The molecule has 1 heterocycles. The van der Waals surface area contributed by atoms with Crippen molar-refractivity contribution in [3.8, 4) is 11.5 Å². The van der Waals surface area contributed by atoms with Gasteiger partial charge in [0.2, 0.25) is 0 Å². The molecule has 1 aliphatic rings. The third-order valence-corrected chi connectivity index (χ3v) is 3.78. The van der Waals surface area contributed by atoms with Crippen LogP contribution in [0.4, 0.5) is 5.69 Å². The van der Waals surface area contributed by atoms with E-state index in [1.165, 1.54) is 6.07 Å². The van der Waals surface area contributed by atoms with Gasteiger partial charge in [0.15, 0.2) is 11.5 Å². The normalized spacial score (nSPS) is 15.2. The van der Waals surface area contributed by atoms with Crippen molar-refractivity contribution in [1.82, 2.24) is 0 Å². The van der Waals surface area contributed by atoms with Crippen molar-refractivity contribution >= 4 is 45.8 Å². The van der Waals surface area contributed by atoms with Gasteiger partial charge in [-0.1, -0.05) is 12.1 Å². The van der Waals surface area contributed by atoms with Crippen molar-refractivity contribution < 1.29 is 15.0 Å². The number of aromatic hydroxyl groups is 2. The van der Waals surface area contributed by atoms with Crippen LogP contribution >= 0.6 is 22.6 Å². The first-order chi connectivity index (χ1) is 9.56. The van der Waals surface area contributed by atoms with Crippen molar-refractivity contribution in [2.24, 2.45) is 0 Å². The van der Waals surface area contributed by atoms with Crippen LogP contribution in [0.5, 0.6) is 11.5 Å². The van der Waals surface area contributed by atoms with E-state index in [9.17, 15) is 15.0 Å². The number of fused-ring (bicyclic) bond motifs is 1. The predicted molar refractivity (Wildman–Crippen MR) is 85.4 cm³/mol. The third-order valence-electron chi connectivity index (χ3n) is 3.11. The number of phenols is 2. The summed E-state index contributed by atoms with van der Waals surface area (Å²) in [5.74, 6) is -0.655. The molecule has 1 amide bonds. The Labute approximate surface area is 128 Å². The van der Waals surface area contributed by atoms with Crippen LogP contribution in [0, 0.1) is 3.57 Å². The van der Waals surface area contributed by atoms with Crippen molar-refractivity contribution in [3.63, 3.8) is 0 Å². The van der Waals surface area contributed by atoms with E-state index in [0.717, 1.165) is 14.8 Å². The molecule has 0 saturated carbocycles. The standard InChI is InChI=1S/C15H10INO3/c16-9-4-5-12-10(7-9)11(15(20)17-12)6-8-2-1-3-13(18)14(8)19/h1-7,18-19H,(H,17,20).